The lowest BCUT2D eigenvalue weighted by Gasteiger charge is -2.21. The second-order valence-electron chi connectivity index (χ2n) is 5.88. The standard InChI is InChI=1S/C20H21ClN2O4/c1-4-27-20(26)15-6-9-17(10-7-15)23(14(3)24)12-19(25)22-18-11-16(21)8-5-13(18)2/h5-11H,4,12H2,1-3H3,(H,22,25). The fourth-order valence-electron chi connectivity index (χ4n) is 2.44. The normalized spacial score (nSPS) is 10.2. The van der Waals surface area contributed by atoms with E-state index in [0.717, 1.165) is 5.56 Å². The summed E-state index contributed by atoms with van der Waals surface area (Å²) >= 11 is 5.96. The van der Waals surface area contributed by atoms with Gasteiger partial charge in [-0.25, -0.2) is 4.79 Å². The van der Waals surface area contributed by atoms with E-state index in [9.17, 15) is 14.4 Å². The number of carbonyl (C=O) groups is 3. The fourth-order valence-corrected chi connectivity index (χ4v) is 2.61. The summed E-state index contributed by atoms with van der Waals surface area (Å²) in [6.45, 7) is 5.06. The van der Waals surface area contributed by atoms with E-state index >= 15 is 0 Å². The minimum Gasteiger partial charge on any atom is -0.462 e. The van der Waals surface area contributed by atoms with Gasteiger partial charge in [0.2, 0.25) is 11.8 Å². The highest BCUT2D eigenvalue weighted by molar-refractivity contribution is 6.31. The molecule has 2 aromatic rings. The van der Waals surface area contributed by atoms with Crippen molar-refractivity contribution in [2.75, 3.05) is 23.4 Å². The first-order valence-electron chi connectivity index (χ1n) is 8.43. The molecule has 0 spiro atoms. The van der Waals surface area contributed by atoms with Crippen LogP contribution in [0.1, 0.15) is 29.8 Å². The number of anilines is 2. The number of nitrogens with zero attached hydrogens (tertiary/aromatic N) is 1. The summed E-state index contributed by atoms with van der Waals surface area (Å²) in [5.41, 5.74) is 2.34. The Bertz CT molecular complexity index is 850. The molecular formula is C20H21ClN2O4. The van der Waals surface area contributed by atoms with E-state index in [1.165, 1.54) is 11.8 Å². The number of halogens is 1. The molecule has 0 atom stereocenters. The van der Waals surface area contributed by atoms with Gasteiger partial charge >= 0.3 is 5.97 Å². The van der Waals surface area contributed by atoms with E-state index in [1.807, 2.05) is 6.92 Å². The first-order valence-corrected chi connectivity index (χ1v) is 8.81. The summed E-state index contributed by atoms with van der Waals surface area (Å²) in [7, 11) is 0. The van der Waals surface area contributed by atoms with Crippen molar-refractivity contribution in [2.24, 2.45) is 0 Å². The molecule has 2 rings (SSSR count). The van der Waals surface area contributed by atoms with Gasteiger partial charge in [0.1, 0.15) is 6.54 Å². The van der Waals surface area contributed by atoms with Crippen molar-refractivity contribution in [1.29, 1.82) is 0 Å². The first-order chi connectivity index (χ1) is 12.8. The molecule has 2 aromatic carbocycles. The minimum absolute atomic E-state index is 0.167. The molecule has 142 valence electrons. The predicted octanol–water partition coefficient (Wildman–Crippen LogP) is 3.82. The van der Waals surface area contributed by atoms with Gasteiger partial charge < -0.3 is 15.0 Å². The van der Waals surface area contributed by atoms with Crippen LogP contribution in [0.4, 0.5) is 11.4 Å². The topological polar surface area (TPSA) is 75.7 Å². The molecular weight excluding hydrogens is 368 g/mol. The van der Waals surface area contributed by atoms with Gasteiger partial charge in [-0.15, -0.1) is 0 Å². The Kier molecular flexibility index (Phi) is 6.96. The molecule has 0 heterocycles. The number of hydrogen-bond donors (Lipinski definition) is 1. The van der Waals surface area contributed by atoms with E-state index < -0.39 is 5.97 Å². The lowest BCUT2D eigenvalue weighted by molar-refractivity contribution is -0.120. The van der Waals surface area contributed by atoms with Gasteiger partial charge in [0.15, 0.2) is 0 Å². The Balaban J connectivity index is 2.13. The molecule has 0 aromatic heterocycles. The third-order valence-corrected chi connectivity index (χ3v) is 4.08. The third kappa shape index (κ3) is 5.56. The van der Waals surface area contributed by atoms with Gasteiger partial charge in [-0.05, 0) is 55.8 Å². The van der Waals surface area contributed by atoms with Crippen LogP contribution in [0.5, 0.6) is 0 Å². The molecule has 27 heavy (non-hydrogen) atoms. The molecule has 2 amide bonds. The minimum atomic E-state index is -0.437. The van der Waals surface area contributed by atoms with Crippen LogP contribution in [0.25, 0.3) is 0 Å². The quantitative estimate of drug-likeness (QED) is 0.763. The van der Waals surface area contributed by atoms with Gasteiger partial charge in [-0.2, -0.15) is 0 Å². The number of aryl methyl sites for hydroxylation is 1. The number of ether oxygens (including phenoxy) is 1. The number of benzene rings is 2. The highest BCUT2D eigenvalue weighted by Gasteiger charge is 2.17. The summed E-state index contributed by atoms with van der Waals surface area (Å²) in [5.74, 6) is -1.09. The van der Waals surface area contributed by atoms with Crippen LogP contribution in [0.2, 0.25) is 5.02 Å². The Morgan fingerprint density at radius 3 is 2.37 bits per heavy atom. The first kappa shape index (κ1) is 20.5. The van der Waals surface area contributed by atoms with Crippen molar-refractivity contribution in [3.8, 4) is 0 Å². The molecule has 0 saturated carbocycles. The smallest absolute Gasteiger partial charge is 0.338 e. The van der Waals surface area contributed by atoms with Crippen LogP contribution in [-0.4, -0.2) is 30.9 Å². The van der Waals surface area contributed by atoms with Crippen molar-refractivity contribution in [3.05, 3.63) is 58.6 Å². The lowest BCUT2D eigenvalue weighted by Crippen LogP contribution is -2.36. The molecule has 0 fully saturated rings. The average Bonchev–Trinajstić information content (AvgIpc) is 2.63. The van der Waals surface area contributed by atoms with E-state index in [-0.39, 0.29) is 25.0 Å². The zero-order valence-electron chi connectivity index (χ0n) is 15.4. The fraction of sp³-hybridized carbons (Fsp3) is 0.250. The summed E-state index contributed by atoms with van der Waals surface area (Å²) in [4.78, 5) is 37.5. The van der Waals surface area contributed by atoms with Gasteiger partial charge in [0.05, 0.1) is 12.2 Å². The predicted molar refractivity (Wildman–Crippen MR) is 105 cm³/mol. The number of esters is 1. The van der Waals surface area contributed by atoms with E-state index in [2.05, 4.69) is 5.32 Å². The maximum absolute atomic E-state index is 12.4. The van der Waals surface area contributed by atoms with Gasteiger partial charge in [0.25, 0.3) is 0 Å². The number of rotatable bonds is 6. The maximum atomic E-state index is 12.4. The molecule has 6 nitrogen and oxygen atoms in total. The van der Waals surface area contributed by atoms with Crippen molar-refractivity contribution >= 4 is 40.8 Å². The Morgan fingerprint density at radius 1 is 1.11 bits per heavy atom. The van der Waals surface area contributed by atoms with Crippen LogP contribution >= 0.6 is 11.6 Å². The zero-order chi connectivity index (χ0) is 20.0. The molecule has 0 saturated heterocycles. The van der Waals surface area contributed by atoms with E-state index in [1.54, 1.807) is 49.4 Å². The summed E-state index contributed by atoms with van der Waals surface area (Å²) < 4.78 is 4.93. The molecule has 0 aliphatic rings. The van der Waals surface area contributed by atoms with Crippen LogP contribution in [0, 0.1) is 6.92 Å². The van der Waals surface area contributed by atoms with E-state index in [4.69, 9.17) is 16.3 Å². The van der Waals surface area contributed by atoms with Gasteiger partial charge in [-0.3, -0.25) is 9.59 Å². The van der Waals surface area contributed by atoms with Crippen molar-refractivity contribution in [3.63, 3.8) is 0 Å². The third-order valence-electron chi connectivity index (χ3n) is 3.85. The maximum Gasteiger partial charge on any atom is 0.338 e. The molecule has 0 radical (unpaired) electrons. The highest BCUT2D eigenvalue weighted by atomic mass is 35.5. The SMILES string of the molecule is CCOC(=O)c1ccc(N(CC(=O)Nc2cc(Cl)ccc2C)C(C)=O)cc1. The monoisotopic (exact) mass is 388 g/mol. The van der Waals surface area contributed by atoms with Gasteiger partial charge in [-0.1, -0.05) is 17.7 Å². The molecule has 0 aliphatic carbocycles. The summed E-state index contributed by atoms with van der Waals surface area (Å²) in [5, 5.41) is 3.27. The molecule has 0 unspecified atom stereocenters. The number of amides is 2. The van der Waals surface area contributed by atoms with Crippen LogP contribution < -0.4 is 10.2 Å². The molecule has 1 N–H and O–H groups in total. The number of hydrogen-bond acceptors (Lipinski definition) is 4. The Labute approximate surface area is 163 Å². The molecule has 7 heteroatoms. The second-order valence-corrected chi connectivity index (χ2v) is 6.32. The van der Waals surface area contributed by atoms with Crippen LogP contribution in [0.15, 0.2) is 42.5 Å². The van der Waals surface area contributed by atoms with Crippen molar-refractivity contribution in [2.45, 2.75) is 20.8 Å². The number of nitrogens with one attached hydrogen (secondary N) is 1. The Hall–Kier alpha value is -2.86. The van der Waals surface area contributed by atoms with Crippen LogP contribution in [-0.2, 0) is 14.3 Å². The zero-order valence-corrected chi connectivity index (χ0v) is 16.2. The second kappa shape index (κ2) is 9.19. The van der Waals surface area contributed by atoms with E-state index in [0.29, 0.717) is 22.0 Å². The lowest BCUT2D eigenvalue weighted by atomic mass is 10.2. The molecule has 0 bridgehead atoms. The summed E-state index contributed by atoms with van der Waals surface area (Å²) in [6, 6.07) is 11.5. The van der Waals surface area contributed by atoms with Crippen molar-refractivity contribution in [1.82, 2.24) is 0 Å². The number of carbonyl (C=O) groups excluding carboxylic acids is 3. The largest absolute Gasteiger partial charge is 0.462 e. The van der Waals surface area contributed by atoms with Crippen LogP contribution in [0.3, 0.4) is 0 Å². The van der Waals surface area contributed by atoms with Gasteiger partial charge in [0, 0.05) is 23.3 Å². The average molecular weight is 389 g/mol. The highest BCUT2D eigenvalue weighted by Crippen LogP contribution is 2.21. The Morgan fingerprint density at radius 2 is 1.78 bits per heavy atom. The summed E-state index contributed by atoms with van der Waals surface area (Å²) in [6.07, 6.45) is 0. The van der Waals surface area contributed by atoms with Crippen molar-refractivity contribution < 1.29 is 19.1 Å². The molecule has 0 aliphatic heterocycles.